The number of benzene rings is 2. The van der Waals surface area contributed by atoms with Gasteiger partial charge in [-0.15, -0.1) is 0 Å². The van der Waals surface area contributed by atoms with Crippen molar-refractivity contribution < 1.29 is 53.1 Å². The van der Waals surface area contributed by atoms with Gasteiger partial charge in [-0.2, -0.15) is 0 Å². The van der Waals surface area contributed by atoms with Gasteiger partial charge in [0.1, 0.15) is 54.4 Å². The third-order valence-electron chi connectivity index (χ3n) is 14.9. The number of amides is 10. The summed E-state index contributed by atoms with van der Waals surface area (Å²) in [5, 5.41) is 24.2. The Morgan fingerprint density at radius 1 is 0.532 bits per heavy atom. The molecule has 2 fully saturated rings. The number of piperidine rings is 1. The van der Waals surface area contributed by atoms with Crippen LogP contribution in [0.15, 0.2) is 60.7 Å². The summed E-state index contributed by atoms with van der Waals surface area (Å²) in [6.45, 7) is 15.6. The molecule has 2 aliphatic heterocycles. The lowest BCUT2D eigenvalue weighted by atomic mass is 9.96. The molecule has 10 amide bonds. The third kappa shape index (κ3) is 18.1. The standard InChI is InChI=1S/C58H88N10O11/c1-34(2)29-44-52(73)61-43(55(76)68-27-21-16-22-28-68)33-47(70)62-48(36(5)6)53(74)59-37(7)50(71)63-49(39(9)69)58(79)64(10)38(8)51(72)60-42(31-40-23-17-14-18-24-40)54(75)66(12)45(30-35(3)4)56(77)67(13)46(57(78)65(44)11)32-41-25-19-15-20-26-41/h14-15,17-20,23-26,34-39,42-46,48-49,69H,16,21-22,27-33H2,1-13H3,(H,59,74)(H,60,72)(H,61,73)(H,62,70)(H,63,71)/t37-,38-,39+,42-,43-,44-,45-,46-,48+,49-/m0/s1. The zero-order chi connectivity index (χ0) is 59.0. The number of carbonyl (C=O) groups excluding carboxylic acids is 10. The molecule has 0 bridgehead atoms. The molecule has 0 aromatic heterocycles. The number of nitrogens with one attached hydrogen (secondary N) is 5. The molecule has 0 aliphatic carbocycles. The molecule has 6 N–H and O–H groups in total. The van der Waals surface area contributed by atoms with Crippen LogP contribution in [0, 0.1) is 17.8 Å². The van der Waals surface area contributed by atoms with E-state index in [1.54, 1.807) is 61.2 Å². The van der Waals surface area contributed by atoms with Crippen LogP contribution in [0.2, 0.25) is 0 Å². The molecule has 0 saturated carbocycles. The first-order valence-corrected chi connectivity index (χ1v) is 27.8. The fourth-order valence-corrected chi connectivity index (χ4v) is 9.88. The topological polar surface area (TPSA) is 267 Å². The first-order chi connectivity index (χ1) is 37.1. The quantitative estimate of drug-likeness (QED) is 0.189. The summed E-state index contributed by atoms with van der Waals surface area (Å²) in [5.41, 5.74) is 1.36. The Kier molecular flexibility index (Phi) is 24.5. The Morgan fingerprint density at radius 2 is 1.04 bits per heavy atom. The zero-order valence-electron chi connectivity index (χ0n) is 48.6. The smallest absolute Gasteiger partial charge is 0.248 e. The normalized spacial score (nSPS) is 26.3. The predicted molar refractivity (Wildman–Crippen MR) is 298 cm³/mol. The molecule has 0 unspecified atom stereocenters. The average Bonchev–Trinajstić information content (AvgIpc) is 3.43. The molecular weight excluding hydrogens is 1010 g/mol. The van der Waals surface area contributed by atoms with Gasteiger partial charge in [-0.1, -0.05) is 102 Å². The van der Waals surface area contributed by atoms with Gasteiger partial charge in [-0.25, -0.2) is 0 Å². The van der Waals surface area contributed by atoms with Crippen LogP contribution in [0.25, 0.3) is 0 Å². The van der Waals surface area contributed by atoms with Crippen molar-refractivity contribution in [2.75, 3.05) is 41.3 Å². The molecule has 2 aromatic rings. The van der Waals surface area contributed by atoms with Crippen molar-refractivity contribution in [3.63, 3.8) is 0 Å². The average molecular weight is 1100 g/mol. The van der Waals surface area contributed by atoms with Crippen molar-refractivity contribution >= 4 is 59.1 Å². The van der Waals surface area contributed by atoms with E-state index >= 15 is 14.4 Å². The Balaban J connectivity index is 1.91. The van der Waals surface area contributed by atoms with E-state index in [2.05, 4.69) is 26.6 Å². The SMILES string of the molecule is CC(C)C[C@H]1C(=O)N(C)[C@@H](Cc2ccccc2)C(=O)N(C)[C@@H](CC(C)C)C(=O)N[C@H](C(=O)N2CCCCC2)CC(=O)N[C@H](C(C)C)C(=O)N[C@@H](C)C(=O)N[C@@H]([C@@H](C)O)C(=O)N(C)[C@@H](C)C(=O)N[C@@H](Cc2ccccc2)C(=O)N1C. The lowest BCUT2D eigenvalue weighted by molar-refractivity contribution is -0.153. The molecular formula is C58H88N10O11. The molecule has 2 aromatic carbocycles. The maximum absolute atomic E-state index is 15.3. The molecule has 0 spiro atoms. The van der Waals surface area contributed by atoms with Crippen LogP contribution in [-0.2, 0) is 60.8 Å². The van der Waals surface area contributed by atoms with Gasteiger partial charge in [-0.05, 0) is 81.8 Å². The molecule has 2 saturated heterocycles. The van der Waals surface area contributed by atoms with Crippen molar-refractivity contribution in [1.29, 1.82) is 0 Å². The molecule has 436 valence electrons. The monoisotopic (exact) mass is 1100 g/mol. The highest BCUT2D eigenvalue weighted by molar-refractivity contribution is 5.99. The van der Waals surface area contributed by atoms with Gasteiger partial charge in [0.15, 0.2) is 0 Å². The van der Waals surface area contributed by atoms with E-state index in [-0.39, 0.29) is 37.5 Å². The molecule has 0 radical (unpaired) electrons. The Hall–Kier alpha value is -6.90. The van der Waals surface area contributed by atoms with Crippen molar-refractivity contribution in [2.24, 2.45) is 17.8 Å². The third-order valence-corrected chi connectivity index (χ3v) is 14.9. The van der Waals surface area contributed by atoms with E-state index in [9.17, 15) is 38.7 Å². The van der Waals surface area contributed by atoms with Crippen molar-refractivity contribution in [3.8, 4) is 0 Å². The molecule has 21 heteroatoms. The van der Waals surface area contributed by atoms with Gasteiger partial charge in [0.2, 0.25) is 59.1 Å². The van der Waals surface area contributed by atoms with Crippen LogP contribution in [0.3, 0.4) is 0 Å². The zero-order valence-corrected chi connectivity index (χ0v) is 48.6. The maximum Gasteiger partial charge on any atom is 0.248 e. The van der Waals surface area contributed by atoms with Gasteiger partial charge in [0, 0.05) is 54.1 Å². The Bertz CT molecular complexity index is 2430. The lowest BCUT2D eigenvalue weighted by Crippen LogP contribution is -2.62. The van der Waals surface area contributed by atoms with E-state index in [0.29, 0.717) is 37.1 Å². The minimum absolute atomic E-state index is 0.00432. The van der Waals surface area contributed by atoms with Gasteiger partial charge >= 0.3 is 0 Å². The summed E-state index contributed by atoms with van der Waals surface area (Å²) in [6.07, 6.45) is 0.433. The highest BCUT2D eigenvalue weighted by atomic mass is 16.3. The summed E-state index contributed by atoms with van der Waals surface area (Å²) < 4.78 is 0. The fraction of sp³-hybridized carbons (Fsp3) is 0.621. The Morgan fingerprint density at radius 3 is 1.57 bits per heavy atom. The van der Waals surface area contributed by atoms with Crippen molar-refractivity contribution in [2.45, 2.75) is 174 Å². The first-order valence-electron chi connectivity index (χ1n) is 27.8. The largest absolute Gasteiger partial charge is 0.391 e. The maximum atomic E-state index is 15.3. The van der Waals surface area contributed by atoms with Crippen molar-refractivity contribution in [3.05, 3.63) is 71.8 Å². The predicted octanol–water partition coefficient (Wildman–Crippen LogP) is 1.79. The molecule has 79 heavy (non-hydrogen) atoms. The summed E-state index contributed by atoms with van der Waals surface area (Å²) in [6, 6.07) is 6.04. The van der Waals surface area contributed by atoms with Crippen LogP contribution >= 0.6 is 0 Å². The van der Waals surface area contributed by atoms with E-state index in [1.165, 1.54) is 63.7 Å². The van der Waals surface area contributed by atoms with E-state index in [4.69, 9.17) is 0 Å². The number of hydrogen-bond donors (Lipinski definition) is 6. The van der Waals surface area contributed by atoms with Gasteiger partial charge in [0.25, 0.3) is 0 Å². The molecule has 2 heterocycles. The van der Waals surface area contributed by atoms with Crippen LogP contribution in [0.1, 0.15) is 112 Å². The second-order valence-corrected chi connectivity index (χ2v) is 22.6. The van der Waals surface area contributed by atoms with E-state index in [0.717, 1.165) is 11.3 Å². The fourth-order valence-electron chi connectivity index (χ4n) is 9.88. The second-order valence-electron chi connectivity index (χ2n) is 22.6. The molecule has 4 rings (SSSR count). The summed E-state index contributed by atoms with van der Waals surface area (Å²) >= 11 is 0. The summed E-state index contributed by atoms with van der Waals surface area (Å²) in [4.78, 5) is 152. The number of aliphatic hydroxyl groups is 1. The van der Waals surface area contributed by atoms with Crippen LogP contribution in [-0.4, -0.2) is 190 Å². The number of hydrogen-bond acceptors (Lipinski definition) is 11. The highest BCUT2D eigenvalue weighted by Crippen LogP contribution is 2.23. The number of aliphatic hydroxyl groups excluding tert-OH is 1. The number of rotatable bonds is 11. The van der Waals surface area contributed by atoms with Gasteiger partial charge in [0.05, 0.1) is 12.5 Å². The number of likely N-dealkylation sites (N-methyl/N-ethyl adjacent to an activating group) is 4. The minimum Gasteiger partial charge on any atom is -0.391 e. The first kappa shape index (κ1) is 64.6. The van der Waals surface area contributed by atoms with Crippen LogP contribution in [0.5, 0.6) is 0 Å². The van der Waals surface area contributed by atoms with Crippen LogP contribution < -0.4 is 26.6 Å². The molecule has 10 atom stereocenters. The van der Waals surface area contributed by atoms with Crippen LogP contribution in [0.4, 0.5) is 0 Å². The Labute approximate surface area is 466 Å². The van der Waals surface area contributed by atoms with Gasteiger partial charge in [-0.3, -0.25) is 47.9 Å². The number of nitrogens with zero attached hydrogens (tertiary/aromatic N) is 5. The van der Waals surface area contributed by atoms with E-state index in [1.807, 2.05) is 45.9 Å². The second kappa shape index (κ2) is 29.9. The summed E-state index contributed by atoms with van der Waals surface area (Å²) in [7, 11) is 5.69. The summed E-state index contributed by atoms with van der Waals surface area (Å²) in [5.74, 6) is -8.10. The highest BCUT2D eigenvalue weighted by Gasteiger charge is 2.43. The van der Waals surface area contributed by atoms with E-state index < -0.39 is 132 Å². The van der Waals surface area contributed by atoms with Gasteiger partial charge < -0.3 is 56.2 Å². The number of carbonyl (C=O) groups is 10. The van der Waals surface area contributed by atoms with Crippen molar-refractivity contribution in [1.82, 2.24) is 51.1 Å². The molecule has 21 nitrogen and oxygen atoms in total. The lowest BCUT2D eigenvalue weighted by Gasteiger charge is -2.39. The molecule has 2 aliphatic rings. The number of likely N-dealkylation sites (tertiary alicyclic amines) is 1. The minimum atomic E-state index is -1.62.